The Hall–Kier alpha value is -3.84. The highest BCUT2D eigenvalue weighted by molar-refractivity contribution is 6.30. The molecule has 4 rings (SSSR count). The van der Waals surface area contributed by atoms with E-state index in [1.54, 1.807) is 66.7 Å². The van der Waals surface area contributed by atoms with E-state index in [4.69, 9.17) is 25.8 Å². The van der Waals surface area contributed by atoms with Crippen LogP contribution in [0.25, 0.3) is 0 Å². The molecule has 0 unspecified atom stereocenters. The molecule has 0 bridgehead atoms. The fraction of sp³-hybridized carbons (Fsp3) is 0.0455. The first-order chi connectivity index (χ1) is 14.6. The first kappa shape index (κ1) is 19.5. The van der Waals surface area contributed by atoms with Crippen LogP contribution in [0.1, 0.15) is 26.3 Å². The second kappa shape index (κ2) is 8.67. The molecule has 0 atom stereocenters. The lowest BCUT2D eigenvalue weighted by Gasteiger charge is -2.06. The summed E-state index contributed by atoms with van der Waals surface area (Å²) in [5, 5.41) is 4.39. The Kier molecular flexibility index (Phi) is 5.63. The van der Waals surface area contributed by atoms with Crippen molar-refractivity contribution < 1.29 is 23.8 Å². The maximum atomic E-state index is 12.4. The van der Waals surface area contributed by atoms with E-state index in [1.807, 2.05) is 0 Å². The summed E-state index contributed by atoms with van der Waals surface area (Å²) in [6, 6.07) is 18.1. The zero-order chi connectivity index (χ0) is 20.9. The maximum Gasteiger partial charge on any atom is 0.343 e. The van der Waals surface area contributed by atoms with Gasteiger partial charge in [-0.05, 0) is 54.1 Å². The highest BCUT2D eigenvalue weighted by Gasteiger charge is 2.17. The van der Waals surface area contributed by atoms with Crippen LogP contribution in [0.3, 0.4) is 0 Å². The van der Waals surface area contributed by atoms with Crippen LogP contribution in [0, 0.1) is 0 Å². The van der Waals surface area contributed by atoms with Crippen molar-refractivity contribution in [3.8, 4) is 17.2 Å². The van der Waals surface area contributed by atoms with Crippen LogP contribution in [0.2, 0.25) is 5.02 Å². The van der Waals surface area contributed by atoms with Crippen molar-refractivity contribution in [3.05, 3.63) is 88.4 Å². The minimum atomic E-state index is -0.531. The summed E-state index contributed by atoms with van der Waals surface area (Å²) >= 11 is 5.88. The van der Waals surface area contributed by atoms with Gasteiger partial charge < -0.3 is 14.2 Å². The minimum absolute atomic E-state index is 0.128. The van der Waals surface area contributed by atoms with Gasteiger partial charge in [-0.25, -0.2) is 10.2 Å². The quantitative estimate of drug-likeness (QED) is 0.290. The van der Waals surface area contributed by atoms with E-state index in [0.717, 1.165) is 0 Å². The minimum Gasteiger partial charge on any atom is -0.454 e. The second-order valence-corrected chi connectivity index (χ2v) is 6.68. The van der Waals surface area contributed by atoms with Crippen molar-refractivity contribution >= 4 is 29.7 Å². The van der Waals surface area contributed by atoms with E-state index in [1.165, 1.54) is 6.21 Å². The number of ether oxygens (including phenoxy) is 3. The average molecular weight is 423 g/mol. The SMILES string of the molecule is O=C(N/N=C/c1cccc(OC(=O)c2ccc3c(c2)OCO3)c1)c1cccc(Cl)c1. The van der Waals surface area contributed by atoms with Crippen LogP contribution in [0.4, 0.5) is 0 Å². The van der Waals surface area contributed by atoms with Crippen molar-refractivity contribution in [2.24, 2.45) is 5.10 Å². The smallest absolute Gasteiger partial charge is 0.343 e. The molecule has 3 aromatic carbocycles. The van der Waals surface area contributed by atoms with Gasteiger partial charge in [0.1, 0.15) is 5.75 Å². The summed E-state index contributed by atoms with van der Waals surface area (Å²) in [5.74, 6) is 0.504. The van der Waals surface area contributed by atoms with Gasteiger partial charge in [0.15, 0.2) is 11.5 Å². The van der Waals surface area contributed by atoms with Crippen LogP contribution in [0.15, 0.2) is 71.8 Å². The van der Waals surface area contributed by atoms with Crippen molar-refractivity contribution in [1.29, 1.82) is 0 Å². The molecule has 1 heterocycles. The Morgan fingerprint density at radius 3 is 2.67 bits per heavy atom. The van der Waals surface area contributed by atoms with Crippen molar-refractivity contribution in [2.45, 2.75) is 0 Å². The van der Waals surface area contributed by atoms with E-state index >= 15 is 0 Å². The zero-order valence-corrected chi connectivity index (χ0v) is 16.3. The molecule has 7 nitrogen and oxygen atoms in total. The first-order valence-electron chi connectivity index (χ1n) is 8.89. The molecule has 0 radical (unpaired) electrons. The highest BCUT2D eigenvalue weighted by Crippen LogP contribution is 2.32. The molecule has 30 heavy (non-hydrogen) atoms. The van der Waals surface area contributed by atoms with Crippen LogP contribution < -0.4 is 19.6 Å². The lowest BCUT2D eigenvalue weighted by atomic mass is 10.2. The van der Waals surface area contributed by atoms with Gasteiger partial charge in [0, 0.05) is 10.6 Å². The Labute approximate surface area is 176 Å². The monoisotopic (exact) mass is 422 g/mol. The van der Waals surface area contributed by atoms with Crippen LogP contribution in [-0.2, 0) is 0 Å². The number of benzene rings is 3. The summed E-state index contributed by atoms with van der Waals surface area (Å²) in [4.78, 5) is 24.5. The number of rotatable bonds is 5. The molecule has 1 amide bonds. The normalized spacial score (nSPS) is 12.0. The number of amides is 1. The molecule has 1 aliphatic heterocycles. The zero-order valence-electron chi connectivity index (χ0n) is 15.5. The van der Waals surface area contributed by atoms with E-state index in [9.17, 15) is 9.59 Å². The average Bonchev–Trinajstić information content (AvgIpc) is 3.22. The number of halogens is 1. The van der Waals surface area contributed by atoms with E-state index in [0.29, 0.717) is 39.0 Å². The number of hydrogen-bond acceptors (Lipinski definition) is 6. The molecule has 0 aliphatic carbocycles. The Morgan fingerprint density at radius 1 is 0.967 bits per heavy atom. The predicted octanol–water partition coefficient (Wildman–Crippen LogP) is 4.05. The van der Waals surface area contributed by atoms with Gasteiger partial charge in [-0.2, -0.15) is 5.10 Å². The number of carbonyl (C=O) groups is 2. The molecule has 0 saturated heterocycles. The van der Waals surface area contributed by atoms with Crippen LogP contribution in [0.5, 0.6) is 17.2 Å². The Balaban J connectivity index is 1.39. The van der Waals surface area contributed by atoms with Crippen LogP contribution in [-0.4, -0.2) is 24.9 Å². The predicted molar refractivity (Wildman–Crippen MR) is 110 cm³/mol. The van der Waals surface area contributed by atoms with E-state index in [2.05, 4.69) is 10.5 Å². The Bertz CT molecular complexity index is 1150. The van der Waals surface area contributed by atoms with Gasteiger partial charge >= 0.3 is 5.97 Å². The van der Waals surface area contributed by atoms with Gasteiger partial charge in [0.2, 0.25) is 6.79 Å². The fourth-order valence-electron chi connectivity index (χ4n) is 2.71. The highest BCUT2D eigenvalue weighted by atomic mass is 35.5. The fourth-order valence-corrected chi connectivity index (χ4v) is 2.90. The van der Waals surface area contributed by atoms with Gasteiger partial charge in [-0.15, -0.1) is 0 Å². The molecule has 8 heteroatoms. The number of fused-ring (bicyclic) bond motifs is 1. The van der Waals surface area contributed by atoms with E-state index in [-0.39, 0.29) is 12.7 Å². The third-order valence-corrected chi connectivity index (χ3v) is 4.38. The number of carbonyl (C=O) groups excluding carboxylic acids is 2. The summed E-state index contributed by atoms with van der Waals surface area (Å²) in [6.45, 7) is 0.128. The van der Waals surface area contributed by atoms with Crippen LogP contribution >= 0.6 is 11.6 Å². The first-order valence-corrected chi connectivity index (χ1v) is 9.27. The van der Waals surface area contributed by atoms with Gasteiger partial charge in [-0.3, -0.25) is 4.79 Å². The van der Waals surface area contributed by atoms with Gasteiger partial charge in [0.25, 0.3) is 5.91 Å². The standard InChI is InChI=1S/C22H15ClN2O5/c23-17-5-2-4-15(10-17)21(26)25-24-12-14-3-1-6-18(9-14)30-22(27)16-7-8-19-20(11-16)29-13-28-19/h1-12H,13H2,(H,25,26)/b24-12+. The number of esters is 1. The number of nitrogens with one attached hydrogen (secondary N) is 1. The molecule has 0 spiro atoms. The van der Waals surface area contributed by atoms with Crippen molar-refractivity contribution in [1.82, 2.24) is 5.43 Å². The third-order valence-electron chi connectivity index (χ3n) is 4.14. The molecule has 0 fully saturated rings. The van der Waals surface area contributed by atoms with Gasteiger partial charge in [-0.1, -0.05) is 29.8 Å². The lowest BCUT2D eigenvalue weighted by Crippen LogP contribution is -2.17. The molecule has 1 aliphatic rings. The number of nitrogens with zero attached hydrogens (tertiary/aromatic N) is 1. The molecule has 150 valence electrons. The molecule has 0 aromatic heterocycles. The van der Waals surface area contributed by atoms with Crippen molar-refractivity contribution in [2.75, 3.05) is 6.79 Å². The lowest BCUT2D eigenvalue weighted by molar-refractivity contribution is 0.0734. The number of hydrogen-bond donors (Lipinski definition) is 1. The maximum absolute atomic E-state index is 12.4. The van der Waals surface area contributed by atoms with E-state index < -0.39 is 5.97 Å². The summed E-state index contributed by atoms with van der Waals surface area (Å²) in [6.07, 6.45) is 1.44. The molecule has 1 N–H and O–H groups in total. The third kappa shape index (κ3) is 4.59. The summed E-state index contributed by atoms with van der Waals surface area (Å²) < 4.78 is 15.9. The topological polar surface area (TPSA) is 86.2 Å². The number of hydrazone groups is 1. The second-order valence-electron chi connectivity index (χ2n) is 6.24. The molecular formula is C22H15ClN2O5. The molecule has 3 aromatic rings. The summed E-state index contributed by atoms with van der Waals surface area (Å²) in [5.41, 5.74) is 3.79. The summed E-state index contributed by atoms with van der Waals surface area (Å²) in [7, 11) is 0. The van der Waals surface area contributed by atoms with Gasteiger partial charge in [0.05, 0.1) is 11.8 Å². The Morgan fingerprint density at radius 2 is 1.80 bits per heavy atom. The molecule has 0 saturated carbocycles. The van der Waals surface area contributed by atoms with Crippen molar-refractivity contribution in [3.63, 3.8) is 0 Å². The molecular weight excluding hydrogens is 408 g/mol. The largest absolute Gasteiger partial charge is 0.454 e.